The van der Waals surface area contributed by atoms with Crippen molar-refractivity contribution in [2.75, 3.05) is 19.5 Å². The maximum Gasteiger partial charge on any atom is 0.237 e. The van der Waals surface area contributed by atoms with Crippen molar-refractivity contribution in [1.29, 1.82) is 0 Å². The van der Waals surface area contributed by atoms with Crippen LogP contribution in [0.25, 0.3) is 0 Å². The van der Waals surface area contributed by atoms with Gasteiger partial charge in [-0.25, -0.2) is 0 Å². The second kappa shape index (κ2) is 4.74. The minimum Gasteiger partial charge on any atom is -0.339 e. The van der Waals surface area contributed by atoms with E-state index in [2.05, 4.69) is 11.4 Å². The molecule has 0 bridgehead atoms. The average Bonchev–Trinajstić information content (AvgIpc) is 2.16. The van der Waals surface area contributed by atoms with Crippen LogP contribution in [0.15, 0.2) is 24.3 Å². The molecule has 0 aliphatic carbocycles. The predicted octanol–water partition coefficient (Wildman–Crippen LogP) is 1.48. The lowest BCUT2D eigenvalue weighted by molar-refractivity contribution is -0.0808. The summed E-state index contributed by atoms with van der Waals surface area (Å²) in [7, 11) is 3.16. The number of methoxy groups -OCH3 is 2. The molecule has 0 atom stereocenters. The van der Waals surface area contributed by atoms with Crippen molar-refractivity contribution in [2.24, 2.45) is 0 Å². The summed E-state index contributed by atoms with van der Waals surface area (Å²) in [5.74, 6) is 0. The highest BCUT2D eigenvalue weighted by atomic mass is 16.7. The van der Waals surface area contributed by atoms with Crippen LogP contribution in [0, 0.1) is 6.07 Å². The Hall–Kier alpha value is -1.06. The molecule has 3 nitrogen and oxygen atoms in total. The van der Waals surface area contributed by atoms with Crippen molar-refractivity contribution in [3.05, 3.63) is 30.3 Å². The van der Waals surface area contributed by atoms with Gasteiger partial charge in [0.05, 0.1) is 0 Å². The number of nitrogens with one attached hydrogen (secondary N) is 1. The third-order valence-corrected chi connectivity index (χ3v) is 1.43. The summed E-state index contributed by atoms with van der Waals surface area (Å²) in [6.07, 6.45) is -0.396. The predicted molar refractivity (Wildman–Crippen MR) is 46.7 cm³/mol. The molecule has 0 heterocycles. The number of rotatable bonds is 4. The van der Waals surface area contributed by atoms with Crippen LogP contribution in [-0.4, -0.2) is 20.6 Å². The van der Waals surface area contributed by atoms with Crippen molar-refractivity contribution < 1.29 is 9.47 Å². The first-order valence-corrected chi connectivity index (χ1v) is 3.65. The quantitative estimate of drug-likeness (QED) is 0.687. The summed E-state index contributed by atoms with van der Waals surface area (Å²) in [6, 6.07) is 10.4. The standard InChI is InChI=1S/C9H12NO2/c1-11-9(12-2)10-8-6-4-3-5-7-8/h4-7,9-10H,1-2H3. The summed E-state index contributed by atoms with van der Waals surface area (Å²) in [5, 5.41) is 3.01. The van der Waals surface area contributed by atoms with E-state index in [1.54, 1.807) is 14.2 Å². The zero-order valence-corrected chi connectivity index (χ0v) is 7.20. The zero-order chi connectivity index (χ0) is 8.81. The van der Waals surface area contributed by atoms with Crippen LogP contribution in [0.5, 0.6) is 0 Å². The van der Waals surface area contributed by atoms with Crippen molar-refractivity contribution in [2.45, 2.75) is 6.41 Å². The average molecular weight is 166 g/mol. The molecule has 0 saturated heterocycles. The fourth-order valence-corrected chi connectivity index (χ4v) is 0.833. The molecule has 1 rings (SSSR count). The van der Waals surface area contributed by atoms with Gasteiger partial charge in [0, 0.05) is 19.9 Å². The molecule has 1 aromatic rings. The van der Waals surface area contributed by atoms with Gasteiger partial charge in [0.15, 0.2) is 0 Å². The molecule has 0 amide bonds. The van der Waals surface area contributed by atoms with E-state index in [4.69, 9.17) is 9.47 Å². The molecule has 0 aliphatic rings. The minimum absolute atomic E-state index is 0.396. The highest BCUT2D eigenvalue weighted by molar-refractivity contribution is 5.42. The molecule has 0 aliphatic heterocycles. The third kappa shape index (κ3) is 2.53. The lowest BCUT2D eigenvalue weighted by Gasteiger charge is -2.15. The first kappa shape index (κ1) is 9.03. The van der Waals surface area contributed by atoms with Crippen LogP contribution in [0.3, 0.4) is 0 Å². The van der Waals surface area contributed by atoms with E-state index >= 15 is 0 Å². The molecule has 3 heteroatoms. The highest BCUT2D eigenvalue weighted by Crippen LogP contribution is 2.06. The third-order valence-electron chi connectivity index (χ3n) is 1.43. The van der Waals surface area contributed by atoms with E-state index in [1.165, 1.54) is 0 Å². The van der Waals surface area contributed by atoms with Crippen LogP contribution >= 0.6 is 0 Å². The molecule has 12 heavy (non-hydrogen) atoms. The minimum atomic E-state index is -0.396. The van der Waals surface area contributed by atoms with Gasteiger partial charge in [-0.2, -0.15) is 0 Å². The number of ether oxygens (including phenoxy) is 2. The van der Waals surface area contributed by atoms with Crippen LogP contribution < -0.4 is 5.32 Å². The van der Waals surface area contributed by atoms with Crippen molar-refractivity contribution in [3.63, 3.8) is 0 Å². The summed E-state index contributed by atoms with van der Waals surface area (Å²) in [6.45, 7) is 0. The van der Waals surface area contributed by atoms with Gasteiger partial charge in [0.25, 0.3) is 0 Å². The fourth-order valence-electron chi connectivity index (χ4n) is 0.833. The molecule has 0 spiro atoms. The molecule has 0 unspecified atom stereocenters. The second-order valence-electron chi connectivity index (χ2n) is 2.24. The van der Waals surface area contributed by atoms with Gasteiger partial charge >= 0.3 is 0 Å². The van der Waals surface area contributed by atoms with Crippen molar-refractivity contribution in [3.8, 4) is 0 Å². The molecule has 1 radical (unpaired) electrons. The topological polar surface area (TPSA) is 30.5 Å². The van der Waals surface area contributed by atoms with Crippen LogP contribution in [-0.2, 0) is 9.47 Å². The Kier molecular flexibility index (Phi) is 3.57. The van der Waals surface area contributed by atoms with Crippen LogP contribution in [0.1, 0.15) is 0 Å². The molecule has 0 aromatic heterocycles. The molecule has 1 aromatic carbocycles. The lowest BCUT2D eigenvalue weighted by Crippen LogP contribution is -2.23. The van der Waals surface area contributed by atoms with E-state index in [1.807, 2.05) is 24.3 Å². The zero-order valence-electron chi connectivity index (χ0n) is 7.20. The van der Waals surface area contributed by atoms with E-state index in [-0.39, 0.29) is 0 Å². The SMILES string of the molecule is COC(Nc1cc[c]cc1)OC. The first-order chi connectivity index (χ1) is 5.86. The first-order valence-electron chi connectivity index (χ1n) is 3.65. The van der Waals surface area contributed by atoms with Gasteiger partial charge < -0.3 is 14.8 Å². The Labute approximate surface area is 72.3 Å². The van der Waals surface area contributed by atoms with E-state index in [0.717, 1.165) is 5.69 Å². The van der Waals surface area contributed by atoms with Gasteiger partial charge in [-0.1, -0.05) is 12.1 Å². The fraction of sp³-hybridized carbons (Fsp3) is 0.333. The Bertz CT molecular complexity index is 209. The van der Waals surface area contributed by atoms with E-state index in [9.17, 15) is 0 Å². The molecule has 1 N–H and O–H groups in total. The smallest absolute Gasteiger partial charge is 0.237 e. The van der Waals surface area contributed by atoms with E-state index in [0.29, 0.717) is 0 Å². The van der Waals surface area contributed by atoms with Gasteiger partial charge in [-0.05, 0) is 18.2 Å². The normalized spacial score (nSPS) is 10.2. The van der Waals surface area contributed by atoms with Crippen LogP contribution in [0.4, 0.5) is 5.69 Å². The molecule has 0 saturated carbocycles. The molecule has 65 valence electrons. The molecular weight excluding hydrogens is 154 g/mol. The van der Waals surface area contributed by atoms with Crippen LogP contribution in [0.2, 0.25) is 0 Å². The summed E-state index contributed by atoms with van der Waals surface area (Å²) in [4.78, 5) is 0. The lowest BCUT2D eigenvalue weighted by atomic mass is 10.3. The van der Waals surface area contributed by atoms with Gasteiger partial charge in [-0.15, -0.1) is 0 Å². The second-order valence-corrected chi connectivity index (χ2v) is 2.24. The van der Waals surface area contributed by atoms with Gasteiger partial charge in [0.2, 0.25) is 6.41 Å². The van der Waals surface area contributed by atoms with Crippen molar-refractivity contribution >= 4 is 5.69 Å². The maximum absolute atomic E-state index is 4.96. The summed E-state index contributed by atoms with van der Waals surface area (Å²) in [5.41, 5.74) is 0.947. The number of anilines is 1. The molecular formula is C9H12NO2. The molecule has 0 fully saturated rings. The Morgan fingerprint density at radius 1 is 1.25 bits per heavy atom. The highest BCUT2D eigenvalue weighted by Gasteiger charge is 2.02. The number of hydrogen-bond acceptors (Lipinski definition) is 3. The number of benzene rings is 1. The summed E-state index contributed by atoms with van der Waals surface area (Å²) < 4.78 is 9.92. The van der Waals surface area contributed by atoms with E-state index < -0.39 is 6.41 Å². The maximum atomic E-state index is 4.96. The number of hydrogen-bond donors (Lipinski definition) is 1. The Morgan fingerprint density at radius 2 is 1.83 bits per heavy atom. The Balaban J connectivity index is 2.51. The summed E-state index contributed by atoms with van der Waals surface area (Å²) >= 11 is 0. The monoisotopic (exact) mass is 166 g/mol. The Morgan fingerprint density at radius 3 is 2.33 bits per heavy atom. The largest absolute Gasteiger partial charge is 0.339 e. The van der Waals surface area contributed by atoms with Crippen molar-refractivity contribution in [1.82, 2.24) is 0 Å². The van der Waals surface area contributed by atoms with Gasteiger partial charge in [-0.3, -0.25) is 0 Å². The van der Waals surface area contributed by atoms with Gasteiger partial charge in [0.1, 0.15) is 0 Å².